The molecule has 3 aromatic heterocycles. The Bertz CT molecular complexity index is 1030. The van der Waals surface area contributed by atoms with E-state index in [2.05, 4.69) is 19.9 Å². The van der Waals surface area contributed by atoms with E-state index in [1.165, 1.54) is 23.1 Å². The van der Waals surface area contributed by atoms with E-state index in [9.17, 15) is 4.79 Å². The molecule has 3 heterocycles. The normalized spacial score (nSPS) is 11.0. The van der Waals surface area contributed by atoms with Crippen LogP contribution in [0.4, 0.5) is 0 Å². The summed E-state index contributed by atoms with van der Waals surface area (Å²) in [6.45, 7) is 0. The van der Waals surface area contributed by atoms with Gasteiger partial charge in [-0.15, -0.1) is 11.3 Å². The first-order valence-corrected chi connectivity index (χ1v) is 9.13. The van der Waals surface area contributed by atoms with Crippen molar-refractivity contribution in [3.63, 3.8) is 0 Å². The lowest BCUT2D eigenvalue weighted by Crippen LogP contribution is -2.10. The van der Waals surface area contributed by atoms with Gasteiger partial charge < -0.3 is 4.98 Å². The Morgan fingerprint density at radius 1 is 1.08 bits per heavy atom. The standard InChI is InChI=1S/C17H12N4OS2/c22-15-14-12(11-5-2-1-3-6-11)9-23-16(14)21-13(20-15)10-24-17-18-7-4-8-19-17/h1-9H,10H2,(H,20,21,22). The number of thioether (sulfide) groups is 1. The topological polar surface area (TPSA) is 71.5 Å². The van der Waals surface area contributed by atoms with Crippen LogP contribution in [0.15, 0.2) is 64.1 Å². The number of nitrogens with zero attached hydrogens (tertiary/aromatic N) is 3. The molecule has 24 heavy (non-hydrogen) atoms. The zero-order valence-corrected chi connectivity index (χ0v) is 14.1. The highest BCUT2D eigenvalue weighted by Crippen LogP contribution is 2.30. The fraction of sp³-hybridized carbons (Fsp3) is 0.0588. The predicted octanol–water partition coefficient (Wildman–Crippen LogP) is 3.73. The van der Waals surface area contributed by atoms with Gasteiger partial charge in [-0.2, -0.15) is 0 Å². The number of aromatic amines is 1. The third-order valence-corrected chi connectivity index (χ3v) is 5.22. The molecule has 0 aliphatic heterocycles. The fourth-order valence-electron chi connectivity index (χ4n) is 2.38. The van der Waals surface area contributed by atoms with Gasteiger partial charge in [0, 0.05) is 23.3 Å². The van der Waals surface area contributed by atoms with E-state index in [1.54, 1.807) is 18.5 Å². The zero-order valence-electron chi connectivity index (χ0n) is 12.5. The molecule has 1 aromatic carbocycles. The molecule has 4 aromatic rings. The molecule has 0 bridgehead atoms. The van der Waals surface area contributed by atoms with Crippen LogP contribution < -0.4 is 5.56 Å². The van der Waals surface area contributed by atoms with Gasteiger partial charge in [-0.05, 0) is 11.6 Å². The van der Waals surface area contributed by atoms with Crippen molar-refractivity contribution in [2.24, 2.45) is 0 Å². The minimum Gasteiger partial charge on any atom is -0.309 e. The van der Waals surface area contributed by atoms with E-state index in [-0.39, 0.29) is 5.56 Å². The Hall–Kier alpha value is -2.51. The van der Waals surface area contributed by atoms with Crippen molar-refractivity contribution in [2.45, 2.75) is 10.9 Å². The van der Waals surface area contributed by atoms with Gasteiger partial charge in [-0.25, -0.2) is 15.0 Å². The molecule has 0 aliphatic carbocycles. The van der Waals surface area contributed by atoms with Crippen LogP contribution in [0, 0.1) is 0 Å². The van der Waals surface area contributed by atoms with Gasteiger partial charge in [0.05, 0.1) is 11.1 Å². The lowest BCUT2D eigenvalue weighted by molar-refractivity contribution is 0.959. The summed E-state index contributed by atoms with van der Waals surface area (Å²) in [7, 11) is 0. The molecule has 1 N–H and O–H groups in total. The molecular formula is C17H12N4OS2. The van der Waals surface area contributed by atoms with Gasteiger partial charge in [0.15, 0.2) is 5.16 Å². The van der Waals surface area contributed by atoms with E-state index in [0.717, 1.165) is 16.0 Å². The monoisotopic (exact) mass is 352 g/mol. The van der Waals surface area contributed by atoms with Gasteiger partial charge in [0.25, 0.3) is 5.56 Å². The Kier molecular flexibility index (Phi) is 4.10. The summed E-state index contributed by atoms with van der Waals surface area (Å²) in [5.74, 6) is 1.15. The highest BCUT2D eigenvalue weighted by atomic mass is 32.2. The molecule has 118 valence electrons. The van der Waals surface area contributed by atoms with Crippen LogP contribution in [0.2, 0.25) is 0 Å². The third-order valence-electron chi connectivity index (χ3n) is 3.46. The van der Waals surface area contributed by atoms with Gasteiger partial charge in [0.2, 0.25) is 0 Å². The summed E-state index contributed by atoms with van der Waals surface area (Å²) >= 11 is 2.93. The van der Waals surface area contributed by atoms with E-state index in [0.29, 0.717) is 22.1 Å². The van der Waals surface area contributed by atoms with Crippen LogP contribution in [-0.2, 0) is 5.75 Å². The molecule has 0 spiro atoms. The number of fused-ring (bicyclic) bond motifs is 1. The molecule has 0 unspecified atom stereocenters. The van der Waals surface area contributed by atoms with Gasteiger partial charge in [-0.1, -0.05) is 42.1 Å². The number of hydrogen-bond acceptors (Lipinski definition) is 6. The largest absolute Gasteiger partial charge is 0.309 e. The first-order chi connectivity index (χ1) is 11.8. The highest BCUT2D eigenvalue weighted by molar-refractivity contribution is 7.98. The van der Waals surface area contributed by atoms with Crippen molar-refractivity contribution in [1.82, 2.24) is 19.9 Å². The molecule has 0 saturated carbocycles. The smallest absolute Gasteiger partial charge is 0.260 e. The van der Waals surface area contributed by atoms with Crippen molar-refractivity contribution < 1.29 is 0 Å². The maximum Gasteiger partial charge on any atom is 0.260 e. The molecule has 4 rings (SSSR count). The first-order valence-electron chi connectivity index (χ1n) is 7.27. The van der Waals surface area contributed by atoms with E-state index >= 15 is 0 Å². The summed E-state index contributed by atoms with van der Waals surface area (Å²) in [6, 6.07) is 11.7. The molecule has 7 heteroatoms. The number of H-pyrrole nitrogens is 1. The second-order valence-corrected chi connectivity index (χ2v) is 6.83. The summed E-state index contributed by atoms with van der Waals surface area (Å²) < 4.78 is 0. The summed E-state index contributed by atoms with van der Waals surface area (Å²) in [5, 5.41) is 3.30. The van der Waals surface area contributed by atoms with Crippen LogP contribution in [0.25, 0.3) is 21.3 Å². The number of nitrogens with one attached hydrogen (secondary N) is 1. The number of rotatable bonds is 4. The van der Waals surface area contributed by atoms with Crippen molar-refractivity contribution >= 4 is 33.3 Å². The van der Waals surface area contributed by atoms with Crippen LogP contribution in [0.1, 0.15) is 5.82 Å². The minimum absolute atomic E-state index is 0.107. The Morgan fingerprint density at radius 3 is 2.67 bits per heavy atom. The maximum absolute atomic E-state index is 12.5. The first kappa shape index (κ1) is 15.0. The maximum atomic E-state index is 12.5. The highest BCUT2D eigenvalue weighted by Gasteiger charge is 2.13. The van der Waals surface area contributed by atoms with Crippen molar-refractivity contribution in [2.75, 3.05) is 0 Å². The number of aromatic nitrogens is 4. The Morgan fingerprint density at radius 2 is 1.88 bits per heavy atom. The summed E-state index contributed by atoms with van der Waals surface area (Å²) in [4.78, 5) is 29.1. The van der Waals surface area contributed by atoms with Crippen molar-refractivity contribution in [1.29, 1.82) is 0 Å². The van der Waals surface area contributed by atoms with Crippen LogP contribution in [0.3, 0.4) is 0 Å². The van der Waals surface area contributed by atoms with E-state index in [1.807, 2.05) is 35.7 Å². The molecular weight excluding hydrogens is 340 g/mol. The Labute approximate surface area is 145 Å². The average molecular weight is 352 g/mol. The van der Waals surface area contributed by atoms with E-state index in [4.69, 9.17) is 0 Å². The number of thiophene rings is 1. The SMILES string of the molecule is O=c1[nH]c(CSc2ncccn2)nc2scc(-c3ccccc3)c12. The summed E-state index contributed by atoms with van der Waals surface area (Å²) in [5.41, 5.74) is 1.84. The zero-order chi connectivity index (χ0) is 16.4. The van der Waals surface area contributed by atoms with Crippen LogP contribution in [0.5, 0.6) is 0 Å². The average Bonchev–Trinajstić information content (AvgIpc) is 3.06. The molecule has 5 nitrogen and oxygen atoms in total. The number of hydrogen-bond donors (Lipinski definition) is 1. The Balaban J connectivity index is 1.68. The lowest BCUT2D eigenvalue weighted by Gasteiger charge is -2.02. The molecule has 0 radical (unpaired) electrons. The molecule has 0 aliphatic rings. The molecule has 0 saturated heterocycles. The van der Waals surface area contributed by atoms with E-state index < -0.39 is 0 Å². The third kappa shape index (κ3) is 2.95. The minimum atomic E-state index is -0.107. The van der Waals surface area contributed by atoms with Crippen molar-refractivity contribution in [3.05, 3.63) is 70.4 Å². The quantitative estimate of drug-likeness (QED) is 0.447. The lowest BCUT2D eigenvalue weighted by atomic mass is 10.1. The van der Waals surface area contributed by atoms with Gasteiger partial charge in [0.1, 0.15) is 10.7 Å². The molecule has 0 amide bonds. The second-order valence-electron chi connectivity index (χ2n) is 5.03. The van der Waals surface area contributed by atoms with Gasteiger partial charge >= 0.3 is 0 Å². The predicted molar refractivity (Wildman–Crippen MR) is 97.3 cm³/mol. The molecule has 0 atom stereocenters. The van der Waals surface area contributed by atoms with Crippen molar-refractivity contribution in [3.8, 4) is 11.1 Å². The molecule has 0 fully saturated rings. The fourth-order valence-corrected chi connectivity index (χ4v) is 4.03. The van der Waals surface area contributed by atoms with Crippen LogP contribution in [-0.4, -0.2) is 19.9 Å². The summed E-state index contributed by atoms with van der Waals surface area (Å²) in [6.07, 6.45) is 3.39. The van der Waals surface area contributed by atoms with Gasteiger partial charge in [-0.3, -0.25) is 4.79 Å². The number of benzene rings is 1. The van der Waals surface area contributed by atoms with Crippen LogP contribution >= 0.6 is 23.1 Å². The second kappa shape index (κ2) is 6.54.